The van der Waals surface area contributed by atoms with Gasteiger partial charge in [-0.05, 0) is 18.1 Å². The lowest BCUT2D eigenvalue weighted by molar-refractivity contribution is -0.274. The van der Waals surface area contributed by atoms with Crippen LogP contribution in [0.2, 0.25) is 0 Å². The first-order valence-electron chi connectivity index (χ1n) is 13.8. The molecule has 3 aliphatic heterocycles. The zero-order chi connectivity index (χ0) is 26.5. The van der Waals surface area contributed by atoms with E-state index < -0.39 is 18.3 Å². The number of ether oxygens (including phenoxy) is 5. The third kappa shape index (κ3) is 6.72. The first kappa shape index (κ1) is 27.5. The van der Waals surface area contributed by atoms with E-state index in [-0.39, 0.29) is 42.5 Å². The first-order valence-corrected chi connectivity index (χ1v) is 13.8. The molecule has 7 heteroatoms. The number of hydrogen-bond donors (Lipinski definition) is 2. The second kappa shape index (κ2) is 12.8. The van der Waals surface area contributed by atoms with Crippen molar-refractivity contribution in [1.29, 1.82) is 0 Å². The predicted octanol–water partition coefficient (Wildman–Crippen LogP) is 3.81. The number of aliphatic hydroxyl groups excluding tert-OH is 2. The molecular weight excluding hydrogens is 484 g/mol. The minimum atomic E-state index is -0.685. The quantitative estimate of drug-likeness (QED) is 0.457. The highest BCUT2D eigenvalue weighted by atomic mass is 16.6. The molecule has 3 aliphatic rings. The predicted molar refractivity (Wildman–Crippen MR) is 142 cm³/mol. The molecule has 0 aromatic heterocycles. The van der Waals surface area contributed by atoms with Crippen LogP contribution in [0.4, 0.5) is 0 Å². The van der Waals surface area contributed by atoms with E-state index in [1.807, 2.05) is 79.7 Å². The Kier molecular flexibility index (Phi) is 9.28. The van der Waals surface area contributed by atoms with Gasteiger partial charge in [0.2, 0.25) is 0 Å². The maximum absolute atomic E-state index is 11.1. The van der Waals surface area contributed by atoms with Crippen molar-refractivity contribution in [3.05, 3.63) is 83.9 Å². The Morgan fingerprint density at radius 3 is 2.21 bits per heavy atom. The summed E-state index contributed by atoms with van der Waals surface area (Å²) < 4.78 is 31.5. The highest BCUT2D eigenvalue weighted by Gasteiger charge is 2.49. The third-order valence-electron chi connectivity index (χ3n) is 7.93. The minimum absolute atomic E-state index is 0.0251. The molecule has 2 fully saturated rings. The minimum Gasteiger partial charge on any atom is -0.393 e. The van der Waals surface area contributed by atoms with Gasteiger partial charge in [0, 0.05) is 18.8 Å². The van der Waals surface area contributed by atoms with E-state index in [1.54, 1.807) is 6.92 Å². The van der Waals surface area contributed by atoms with E-state index in [9.17, 15) is 10.2 Å². The second-order valence-corrected chi connectivity index (χ2v) is 10.8. The lowest BCUT2D eigenvalue weighted by atomic mass is 9.88. The van der Waals surface area contributed by atoms with E-state index in [0.29, 0.717) is 32.7 Å². The van der Waals surface area contributed by atoms with Gasteiger partial charge in [0.25, 0.3) is 0 Å². The number of aliphatic hydroxyl groups is 2. The largest absolute Gasteiger partial charge is 0.393 e. The molecule has 2 saturated heterocycles. The van der Waals surface area contributed by atoms with Crippen LogP contribution < -0.4 is 0 Å². The maximum atomic E-state index is 11.1. The van der Waals surface area contributed by atoms with Crippen molar-refractivity contribution in [3.63, 3.8) is 0 Å². The maximum Gasteiger partial charge on any atom is 0.110 e. The number of fused-ring (bicyclic) bond motifs is 1. The summed E-state index contributed by atoms with van der Waals surface area (Å²) in [7, 11) is 0. The molecule has 5 rings (SSSR count). The Labute approximate surface area is 225 Å². The van der Waals surface area contributed by atoms with Crippen LogP contribution in [0.25, 0.3) is 0 Å². The number of rotatable bonds is 10. The van der Waals surface area contributed by atoms with Crippen LogP contribution in [0.15, 0.2) is 72.8 Å². The molecule has 10 atom stereocenters. The molecule has 0 amide bonds. The van der Waals surface area contributed by atoms with Crippen LogP contribution >= 0.6 is 0 Å². The van der Waals surface area contributed by atoms with Gasteiger partial charge >= 0.3 is 0 Å². The molecule has 0 unspecified atom stereocenters. The molecule has 0 spiro atoms. The van der Waals surface area contributed by atoms with E-state index in [4.69, 9.17) is 23.7 Å². The number of hydrogen-bond acceptors (Lipinski definition) is 7. The summed E-state index contributed by atoms with van der Waals surface area (Å²) in [6, 6.07) is 20.1. The van der Waals surface area contributed by atoms with Gasteiger partial charge in [0.1, 0.15) is 18.3 Å². The summed E-state index contributed by atoms with van der Waals surface area (Å²) in [5.74, 6) is -0.0251. The zero-order valence-corrected chi connectivity index (χ0v) is 22.2. The highest BCUT2D eigenvalue weighted by Crippen LogP contribution is 2.37. The summed E-state index contributed by atoms with van der Waals surface area (Å²) in [5, 5.41) is 21.1. The molecule has 0 saturated carbocycles. The second-order valence-electron chi connectivity index (χ2n) is 10.8. The molecule has 2 aromatic carbocycles. The molecule has 206 valence electrons. The van der Waals surface area contributed by atoms with Crippen LogP contribution in [0.3, 0.4) is 0 Å². The third-order valence-corrected chi connectivity index (χ3v) is 7.93. The normalized spacial score (nSPS) is 34.5. The van der Waals surface area contributed by atoms with Crippen molar-refractivity contribution in [2.45, 2.75) is 94.8 Å². The van der Waals surface area contributed by atoms with Crippen LogP contribution in [-0.2, 0) is 36.9 Å². The molecule has 0 radical (unpaired) electrons. The number of benzene rings is 2. The SMILES string of the molecule is C[C@@H]([C@@H]1C=C[C@H]([C@@H]2C[C@H](O)[C@@H]3O[C@H](COCc4ccccc4)[C@@H](OCc4ccccc4)C[C@H]3O2)O1)[C@@H](C)O. The Hall–Kier alpha value is -2.10. The lowest BCUT2D eigenvalue weighted by Gasteiger charge is -2.48. The Morgan fingerprint density at radius 1 is 0.842 bits per heavy atom. The van der Waals surface area contributed by atoms with Crippen LogP contribution in [0.1, 0.15) is 37.8 Å². The highest BCUT2D eigenvalue weighted by molar-refractivity contribution is 5.14. The van der Waals surface area contributed by atoms with Gasteiger partial charge in [0.05, 0.1) is 56.4 Å². The lowest BCUT2D eigenvalue weighted by Crippen LogP contribution is -2.60. The molecular formula is C31H40O7. The summed E-state index contributed by atoms with van der Waals surface area (Å²) in [5.41, 5.74) is 2.18. The van der Waals surface area contributed by atoms with E-state index in [1.165, 1.54) is 0 Å². The van der Waals surface area contributed by atoms with E-state index in [0.717, 1.165) is 11.1 Å². The fraction of sp³-hybridized carbons (Fsp3) is 0.548. The molecule has 38 heavy (non-hydrogen) atoms. The summed E-state index contributed by atoms with van der Waals surface area (Å²) in [6.07, 6.45) is 1.76. The van der Waals surface area contributed by atoms with Crippen molar-refractivity contribution < 1.29 is 33.9 Å². The van der Waals surface area contributed by atoms with Crippen molar-refractivity contribution in [3.8, 4) is 0 Å². The monoisotopic (exact) mass is 524 g/mol. The summed E-state index contributed by atoms with van der Waals surface area (Å²) in [4.78, 5) is 0. The summed E-state index contributed by atoms with van der Waals surface area (Å²) in [6.45, 7) is 5.05. The first-order chi connectivity index (χ1) is 18.5. The van der Waals surface area contributed by atoms with Crippen LogP contribution in [0, 0.1) is 5.92 Å². The molecule has 0 bridgehead atoms. The fourth-order valence-corrected chi connectivity index (χ4v) is 5.47. The standard InChI is InChI=1S/C31H40O7/c1-20(21(2)32)25-13-14-26(36-25)28-15-24(33)31-29(37-28)16-27(35-18-23-11-7-4-8-12-23)30(38-31)19-34-17-22-9-5-3-6-10-22/h3-14,20-21,24-33H,15-19H2,1-2H3/t20-,21-,24+,25+,26-,27+,28+,29-,30-,31+/m1/s1. The molecule has 0 aliphatic carbocycles. The van der Waals surface area contributed by atoms with Crippen LogP contribution in [0.5, 0.6) is 0 Å². The van der Waals surface area contributed by atoms with Crippen molar-refractivity contribution >= 4 is 0 Å². The Bertz CT molecular complexity index is 1010. The smallest absolute Gasteiger partial charge is 0.110 e. The Morgan fingerprint density at radius 2 is 1.53 bits per heavy atom. The molecule has 7 nitrogen and oxygen atoms in total. The molecule has 3 heterocycles. The van der Waals surface area contributed by atoms with Gasteiger partial charge in [-0.25, -0.2) is 0 Å². The molecule has 2 aromatic rings. The van der Waals surface area contributed by atoms with Gasteiger partial charge in [-0.2, -0.15) is 0 Å². The summed E-state index contributed by atoms with van der Waals surface area (Å²) >= 11 is 0. The topological polar surface area (TPSA) is 86.6 Å². The van der Waals surface area contributed by atoms with Gasteiger partial charge in [-0.3, -0.25) is 0 Å². The van der Waals surface area contributed by atoms with Crippen molar-refractivity contribution in [2.24, 2.45) is 5.92 Å². The average Bonchev–Trinajstić information content (AvgIpc) is 3.43. The van der Waals surface area contributed by atoms with Crippen molar-refractivity contribution in [2.75, 3.05) is 6.61 Å². The van der Waals surface area contributed by atoms with E-state index >= 15 is 0 Å². The average molecular weight is 525 g/mol. The molecule has 2 N–H and O–H groups in total. The van der Waals surface area contributed by atoms with Crippen molar-refractivity contribution in [1.82, 2.24) is 0 Å². The zero-order valence-electron chi connectivity index (χ0n) is 22.2. The Balaban J connectivity index is 1.23. The van der Waals surface area contributed by atoms with Gasteiger partial charge < -0.3 is 33.9 Å². The van der Waals surface area contributed by atoms with Gasteiger partial charge in [-0.1, -0.05) is 79.7 Å². The van der Waals surface area contributed by atoms with Gasteiger partial charge in [0.15, 0.2) is 0 Å². The van der Waals surface area contributed by atoms with E-state index in [2.05, 4.69) is 0 Å². The fourth-order valence-electron chi connectivity index (χ4n) is 5.47. The van der Waals surface area contributed by atoms with Crippen LogP contribution in [-0.4, -0.2) is 71.8 Å². The van der Waals surface area contributed by atoms with Gasteiger partial charge in [-0.15, -0.1) is 0 Å².